The molecule has 0 spiro atoms. The molecule has 0 radical (unpaired) electrons. The van der Waals surface area contributed by atoms with E-state index < -0.39 is 0 Å². The molecular weight excluding hydrogens is 500 g/mol. The van der Waals surface area contributed by atoms with E-state index in [0.29, 0.717) is 30.2 Å². The molecule has 4 heterocycles. The van der Waals surface area contributed by atoms with Gasteiger partial charge in [-0.1, -0.05) is 46.5 Å². The minimum absolute atomic E-state index is 0.513. The molecule has 2 aliphatic carbocycles. The van der Waals surface area contributed by atoms with Crippen LogP contribution in [0, 0.1) is 17.8 Å². The van der Waals surface area contributed by atoms with Crippen molar-refractivity contribution in [2.45, 2.75) is 147 Å². The Balaban J connectivity index is 0.000000154. The normalized spacial score (nSPS) is 39.7. The van der Waals surface area contributed by atoms with E-state index in [1.165, 1.54) is 83.5 Å². The van der Waals surface area contributed by atoms with Crippen LogP contribution in [0.5, 0.6) is 0 Å². The highest BCUT2D eigenvalue weighted by Gasteiger charge is 2.24. The molecule has 236 valence electrons. The van der Waals surface area contributed by atoms with Gasteiger partial charge in [0.15, 0.2) is 0 Å². The smallest absolute Gasteiger partial charge is 0.0620 e. The highest BCUT2D eigenvalue weighted by Crippen LogP contribution is 2.24. The summed E-state index contributed by atoms with van der Waals surface area (Å²) in [7, 11) is 0. The van der Waals surface area contributed by atoms with Crippen LogP contribution in [0.15, 0.2) is 0 Å². The molecule has 0 bridgehead atoms. The van der Waals surface area contributed by atoms with Crippen LogP contribution in [0.3, 0.4) is 0 Å². The van der Waals surface area contributed by atoms with Gasteiger partial charge in [-0.3, -0.25) is 0 Å². The maximum absolute atomic E-state index is 5.73. The summed E-state index contributed by atoms with van der Waals surface area (Å²) in [6, 6.07) is 3.94. The molecule has 4 aliphatic heterocycles. The van der Waals surface area contributed by atoms with E-state index in [1.807, 2.05) is 0 Å². The number of nitrogens with one attached hydrogen (secondary N) is 3. The molecule has 5 N–H and O–H groups in total. The lowest BCUT2D eigenvalue weighted by Gasteiger charge is -2.30. The van der Waals surface area contributed by atoms with Crippen molar-refractivity contribution in [3.8, 4) is 0 Å². The van der Waals surface area contributed by atoms with Gasteiger partial charge in [-0.25, -0.2) is 0 Å². The first kappa shape index (κ1) is 34.2. The van der Waals surface area contributed by atoms with Crippen LogP contribution in [0.25, 0.3) is 0 Å². The first-order valence-electron chi connectivity index (χ1n) is 17.1. The summed E-state index contributed by atoms with van der Waals surface area (Å²) in [5.41, 5.74) is 5.73. The molecule has 7 nitrogen and oxygen atoms in total. The molecule has 4 saturated heterocycles. The van der Waals surface area contributed by atoms with Crippen LogP contribution in [0.4, 0.5) is 0 Å². The first-order chi connectivity index (χ1) is 19.4. The van der Waals surface area contributed by atoms with Gasteiger partial charge in [0, 0.05) is 62.7 Å². The average molecular weight is 567 g/mol. The van der Waals surface area contributed by atoms with Crippen LogP contribution in [0.2, 0.25) is 0 Å². The van der Waals surface area contributed by atoms with Crippen molar-refractivity contribution in [1.29, 1.82) is 0 Å². The molecule has 40 heavy (non-hydrogen) atoms. The van der Waals surface area contributed by atoms with Gasteiger partial charge in [0.25, 0.3) is 0 Å². The summed E-state index contributed by atoms with van der Waals surface area (Å²) in [5.74, 6) is 2.64. The van der Waals surface area contributed by atoms with Gasteiger partial charge >= 0.3 is 0 Å². The predicted molar refractivity (Wildman–Crippen MR) is 167 cm³/mol. The molecular formula is C33H66N4O3. The number of rotatable bonds is 4. The molecule has 0 aromatic carbocycles. The van der Waals surface area contributed by atoms with E-state index in [4.69, 9.17) is 19.9 Å². The van der Waals surface area contributed by atoms with Crippen molar-refractivity contribution in [3.63, 3.8) is 0 Å². The summed E-state index contributed by atoms with van der Waals surface area (Å²) >= 11 is 0. The number of hydrogen-bond donors (Lipinski definition) is 4. The fourth-order valence-electron chi connectivity index (χ4n) is 7.00. The van der Waals surface area contributed by atoms with Crippen LogP contribution >= 0.6 is 0 Å². The molecule has 7 heteroatoms. The molecule has 2 saturated carbocycles. The van der Waals surface area contributed by atoms with Crippen molar-refractivity contribution in [2.75, 3.05) is 46.2 Å². The van der Waals surface area contributed by atoms with Crippen molar-refractivity contribution < 1.29 is 14.2 Å². The monoisotopic (exact) mass is 567 g/mol. The molecule has 0 aromatic rings. The van der Waals surface area contributed by atoms with E-state index in [1.54, 1.807) is 0 Å². The van der Waals surface area contributed by atoms with Crippen LogP contribution in [0.1, 0.15) is 111 Å². The Labute approximate surface area is 247 Å². The van der Waals surface area contributed by atoms with E-state index in [0.717, 1.165) is 70.0 Å². The Morgan fingerprint density at radius 1 is 0.550 bits per heavy atom. The van der Waals surface area contributed by atoms with E-state index in [-0.39, 0.29) is 0 Å². The summed E-state index contributed by atoms with van der Waals surface area (Å²) in [4.78, 5) is 0. The van der Waals surface area contributed by atoms with Crippen molar-refractivity contribution >= 4 is 0 Å². The molecule has 9 atom stereocenters. The lowest BCUT2D eigenvalue weighted by atomic mass is 9.87. The Hall–Kier alpha value is -0.280. The summed E-state index contributed by atoms with van der Waals surface area (Å²) in [6.45, 7) is 16.0. The van der Waals surface area contributed by atoms with Crippen molar-refractivity contribution in [1.82, 2.24) is 16.0 Å². The van der Waals surface area contributed by atoms with Crippen molar-refractivity contribution in [3.05, 3.63) is 0 Å². The Bertz CT molecular complexity index is 579. The third-order valence-corrected chi connectivity index (χ3v) is 9.50. The fourth-order valence-corrected chi connectivity index (χ4v) is 7.00. The Kier molecular flexibility index (Phi) is 17.0. The molecule has 6 aliphatic rings. The van der Waals surface area contributed by atoms with Gasteiger partial charge in [0.1, 0.15) is 0 Å². The van der Waals surface area contributed by atoms with Crippen LogP contribution in [-0.4, -0.2) is 82.4 Å². The van der Waals surface area contributed by atoms with Gasteiger partial charge in [-0.2, -0.15) is 0 Å². The van der Waals surface area contributed by atoms with Crippen molar-refractivity contribution in [2.24, 2.45) is 23.5 Å². The van der Waals surface area contributed by atoms with Gasteiger partial charge in [-0.05, 0) is 89.0 Å². The third kappa shape index (κ3) is 14.8. The van der Waals surface area contributed by atoms with Gasteiger partial charge in [0.05, 0.1) is 13.2 Å². The topological polar surface area (TPSA) is 89.8 Å². The van der Waals surface area contributed by atoms with Crippen LogP contribution < -0.4 is 21.7 Å². The molecule has 6 fully saturated rings. The largest absolute Gasteiger partial charge is 0.381 e. The van der Waals surface area contributed by atoms with Crippen LogP contribution in [-0.2, 0) is 14.2 Å². The Morgan fingerprint density at radius 2 is 1.12 bits per heavy atom. The zero-order chi connectivity index (χ0) is 28.6. The summed E-state index contributed by atoms with van der Waals surface area (Å²) in [5, 5.41) is 10.9. The molecule has 0 unspecified atom stereocenters. The third-order valence-electron chi connectivity index (χ3n) is 9.50. The standard InChI is InChI=1S/C11H21NO.C10H20N2O.C7H15N.C5H10O/c1-9-3-2-4-10(7-9)12-11-5-6-13-8-11;1-8-6-9(2-4-11-8)12-10-3-5-13-7-10;1-6-3-2-4-7(8)5-6;1-5-2-3-6-4-5/h9-12H,2-8H2,1H3;8-12H,2-7H2,1H3;6-7H,2-5,8H2,1H3;5H,2-4H2,1H3/t9-,10+,11+;8-,9-,10-;6-,7+;5-/m0100/s1. The molecule has 6 rings (SSSR count). The fraction of sp³-hybridized carbons (Fsp3) is 1.00. The number of hydrogen-bond acceptors (Lipinski definition) is 7. The summed E-state index contributed by atoms with van der Waals surface area (Å²) in [6.07, 6.45) is 17.0. The zero-order valence-electron chi connectivity index (χ0n) is 26.6. The second kappa shape index (κ2) is 19.8. The van der Waals surface area contributed by atoms with Gasteiger partial charge in [-0.15, -0.1) is 0 Å². The summed E-state index contributed by atoms with van der Waals surface area (Å²) < 4.78 is 15.8. The minimum atomic E-state index is 0.513. The molecule has 0 amide bonds. The second-order valence-electron chi connectivity index (χ2n) is 14.0. The lowest BCUT2D eigenvalue weighted by Crippen LogP contribution is -2.48. The SMILES string of the molecule is C[C@@H]1C[C@H](N[C@@H]2CCOC2)CCN1.C[C@H]1CCC[C@@H](N)C1.C[C@H]1CCC[C@@H](N[C@@H]2CCOC2)C1.C[C@H]1CCOC1. The first-order valence-corrected chi connectivity index (χ1v) is 17.1. The maximum atomic E-state index is 5.73. The highest BCUT2D eigenvalue weighted by atomic mass is 16.5. The zero-order valence-corrected chi connectivity index (χ0v) is 26.6. The van der Waals surface area contributed by atoms with Gasteiger partial charge < -0.3 is 35.9 Å². The van der Waals surface area contributed by atoms with E-state index >= 15 is 0 Å². The van der Waals surface area contributed by atoms with E-state index in [9.17, 15) is 0 Å². The number of ether oxygens (including phenoxy) is 3. The predicted octanol–water partition coefficient (Wildman–Crippen LogP) is 5.02. The lowest BCUT2D eigenvalue weighted by molar-refractivity contribution is 0.183. The minimum Gasteiger partial charge on any atom is -0.381 e. The molecule has 0 aromatic heterocycles. The number of nitrogens with two attached hydrogens (primary N) is 1. The quantitative estimate of drug-likeness (QED) is 0.380. The highest BCUT2D eigenvalue weighted by molar-refractivity contribution is 4.84. The number of piperidine rings is 1. The second-order valence-corrected chi connectivity index (χ2v) is 14.0. The average Bonchev–Trinajstić information content (AvgIpc) is 3.71. The van der Waals surface area contributed by atoms with Gasteiger partial charge in [0.2, 0.25) is 0 Å². The van der Waals surface area contributed by atoms with E-state index in [2.05, 4.69) is 43.6 Å². The maximum Gasteiger partial charge on any atom is 0.0620 e. The Morgan fingerprint density at radius 3 is 1.55 bits per heavy atom.